The average molecular weight is 470 g/mol. The number of anilines is 2. The maximum absolute atomic E-state index is 14.9. The topological polar surface area (TPSA) is 62.2 Å². The van der Waals surface area contributed by atoms with Crippen LogP contribution in [-0.4, -0.2) is 46.8 Å². The minimum absolute atomic E-state index is 0.0876. The average Bonchev–Trinajstić information content (AvgIpc) is 3.50. The Morgan fingerprint density at radius 2 is 2.09 bits per heavy atom. The molecular weight excluding hydrogens is 449 g/mol. The first-order chi connectivity index (χ1) is 15.5. The van der Waals surface area contributed by atoms with E-state index >= 15 is 0 Å². The largest absolute Gasteiger partial charge is 0.352 e. The highest BCUT2D eigenvalue weighted by atomic mass is 35.5. The van der Waals surface area contributed by atoms with Gasteiger partial charge in [0.1, 0.15) is 5.82 Å². The van der Waals surface area contributed by atoms with Crippen LogP contribution in [0.1, 0.15) is 16.1 Å². The van der Waals surface area contributed by atoms with Gasteiger partial charge in [0.25, 0.3) is 5.91 Å². The normalized spacial score (nSPS) is 16.5. The van der Waals surface area contributed by atoms with Crippen LogP contribution in [0.4, 0.5) is 15.8 Å². The van der Waals surface area contributed by atoms with Gasteiger partial charge in [0.2, 0.25) is 0 Å². The van der Waals surface area contributed by atoms with Crippen molar-refractivity contribution in [1.82, 2.24) is 20.0 Å². The van der Waals surface area contributed by atoms with Gasteiger partial charge in [-0.05, 0) is 44.3 Å². The lowest BCUT2D eigenvalue weighted by Crippen LogP contribution is -2.36. The number of para-hydroxylation sites is 1. The lowest BCUT2D eigenvalue weighted by molar-refractivity contribution is 0.0942. The van der Waals surface area contributed by atoms with Crippen LogP contribution in [0.5, 0.6) is 0 Å². The van der Waals surface area contributed by atoms with E-state index in [4.69, 9.17) is 11.6 Å². The molecule has 1 amide bonds. The van der Waals surface area contributed by atoms with Crippen LogP contribution < -0.4 is 10.6 Å². The van der Waals surface area contributed by atoms with Crippen molar-refractivity contribution in [3.8, 4) is 5.69 Å². The van der Waals surface area contributed by atoms with E-state index in [1.807, 2.05) is 24.6 Å². The van der Waals surface area contributed by atoms with Crippen molar-refractivity contribution in [3.63, 3.8) is 0 Å². The van der Waals surface area contributed by atoms with Crippen molar-refractivity contribution in [2.45, 2.75) is 12.5 Å². The molecule has 1 aliphatic rings. The second-order valence-corrected chi connectivity index (χ2v) is 9.26. The SMILES string of the molecule is CN1CC[C@H](NC(=O)c2cc(-n3ncc4cc(Nc5ccccc5Cl)c(F)cc43)cs2)C1. The van der Waals surface area contributed by atoms with Crippen molar-refractivity contribution in [2.24, 2.45) is 0 Å². The molecule has 1 atom stereocenters. The number of halogens is 2. The molecule has 2 aromatic heterocycles. The smallest absolute Gasteiger partial charge is 0.261 e. The number of nitrogens with one attached hydrogen (secondary N) is 2. The highest BCUT2D eigenvalue weighted by Crippen LogP contribution is 2.31. The fourth-order valence-electron chi connectivity index (χ4n) is 3.92. The molecule has 164 valence electrons. The summed E-state index contributed by atoms with van der Waals surface area (Å²) in [5.74, 6) is -0.506. The van der Waals surface area contributed by atoms with Crippen LogP contribution in [-0.2, 0) is 0 Å². The van der Waals surface area contributed by atoms with Crippen LogP contribution in [0.15, 0.2) is 54.0 Å². The lowest BCUT2D eigenvalue weighted by atomic mass is 10.2. The number of amides is 1. The Balaban J connectivity index is 1.39. The van der Waals surface area contributed by atoms with Crippen LogP contribution >= 0.6 is 22.9 Å². The van der Waals surface area contributed by atoms with Gasteiger partial charge < -0.3 is 15.5 Å². The Labute approximate surface area is 193 Å². The van der Waals surface area contributed by atoms with Crippen molar-refractivity contribution >= 4 is 51.1 Å². The van der Waals surface area contributed by atoms with Gasteiger partial charge in [-0.15, -0.1) is 11.3 Å². The summed E-state index contributed by atoms with van der Waals surface area (Å²) in [5, 5.41) is 13.7. The molecule has 1 aliphatic heterocycles. The summed E-state index contributed by atoms with van der Waals surface area (Å²) in [6, 6.07) is 12.3. The van der Waals surface area contributed by atoms with E-state index in [-0.39, 0.29) is 11.9 Å². The Hall–Kier alpha value is -2.94. The Morgan fingerprint density at radius 3 is 2.88 bits per heavy atom. The zero-order chi connectivity index (χ0) is 22.2. The maximum atomic E-state index is 14.9. The van der Waals surface area contributed by atoms with E-state index in [1.165, 1.54) is 17.4 Å². The molecule has 5 rings (SSSR count). The number of thiophene rings is 1. The van der Waals surface area contributed by atoms with Gasteiger partial charge in [0, 0.05) is 29.4 Å². The molecule has 1 saturated heterocycles. The highest BCUT2D eigenvalue weighted by molar-refractivity contribution is 7.12. The van der Waals surface area contributed by atoms with Crippen LogP contribution in [0.2, 0.25) is 5.02 Å². The van der Waals surface area contributed by atoms with E-state index in [2.05, 4.69) is 20.6 Å². The molecule has 0 spiro atoms. The summed E-state index contributed by atoms with van der Waals surface area (Å²) in [5.41, 5.74) is 2.29. The molecule has 0 bridgehead atoms. The molecule has 0 radical (unpaired) electrons. The highest BCUT2D eigenvalue weighted by Gasteiger charge is 2.22. The molecule has 4 aromatic rings. The summed E-state index contributed by atoms with van der Waals surface area (Å²) in [4.78, 5) is 15.4. The Kier molecular flexibility index (Phi) is 5.58. The van der Waals surface area contributed by atoms with E-state index in [0.717, 1.165) is 30.6 Å². The molecule has 3 heterocycles. The van der Waals surface area contributed by atoms with Crippen molar-refractivity contribution in [3.05, 3.63) is 69.8 Å². The summed E-state index contributed by atoms with van der Waals surface area (Å²) < 4.78 is 16.5. The standard InChI is InChI=1S/C23H21ClFN5OS/c1-29-7-6-15(12-29)27-23(31)22-9-16(13-32-22)30-21-10-18(25)20(8-14(21)11-26-30)28-19-5-3-2-4-17(19)24/h2-5,8-11,13,15,28H,6-7,12H2,1H3,(H,27,31)/t15-/m0/s1. The monoisotopic (exact) mass is 469 g/mol. The predicted molar refractivity (Wildman–Crippen MR) is 127 cm³/mol. The fourth-order valence-corrected chi connectivity index (χ4v) is 4.88. The molecule has 2 N–H and O–H groups in total. The molecule has 0 aliphatic carbocycles. The minimum atomic E-state index is -0.419. The van der Waals surface area contributed by atoms with Crippen LogP contribution in [0.3, 0.4) is 0 Å². The van der Waals surface area contributed by atoms with E-state index in [1.54, 1.807) is 35.1 Å². The molecule has 6 nitrogen and oxygen atoms in total. The zero-order valence-corrected chi connectivity index (χ0v) is 18.9. The predicted octanol–water partition coefficient (Wildman–Crippen LogP) is 5.06. The van der Waals surface area contributed by atoms with Gasteiger partial charge in [0.05, 0.1) is 38.7 Å². The summed E-state index contributed by atoms with van der Waals surface area (Å²) in [6.45, 7) is 1.84. The number of aromatic nitrogens is 2. The molecule has 2 aromatic carbocycles. The first-order valence-electron chi connectivity index (χ1n) is 10.2. The van der Waals surface area contributed by atoms with Gasteiger partial charge in [-0.3, -0.25) is 4.79 Å². The third-order valence-electron chi connectivity index (χ3n) is 5.58. The molecule has 32 heavy (non-hydrogen) atoms. The Morgan fingerprint density at radius 1 is 1.25 bits per heavy atom. The van der Waals surface area contributed by atoms with Crippen molar-refractivity contribution in [2.75, 3.05) is 25.5 Å². The summed E-state index contributed by atoms with van der Waals surface area (Å²) in [7, 11) is 2.05. The summed E-state index contributed by atoms with van der Waals surface area (Å²) >= 11 is 7.53. The van der Waals surface area contributed by atoms with Crippen molar-refractivity contribution in [1.29, 1.82) is 0 Å². The first-order valence-corrected chi connectivity index (χ1v) is 11.5. The molecule has 1 fully saturated rings. The number of likely N-dealkylation sites (tertiary alicyclic amines) is 1. The number of nitrogens with zero attached hydrogens (tertiary/aromatic N) is 3. The number of carbonyl (C=O) groups excluding carboxylic acids is 1. The van der Waals surface area contributed by atoms with Gasteiger partial charge in [0.15, 0.2) is 0 Å². The third kappa shape index (κ3) is 4.09. The quantitative estimate of drug-likeness (QED) is 0.429. The number of hydrogen-bond donors (Lipinski definition) is 2. The van der Waals surface area contributed by atoms with Gasteiger partial charge in [-0.25, -0.2) is 9.07 Å². The van der Waals surface area contributed by atoms with E-state index in [0.29, 0.717) is 26.8 Å². The lowest BCUT2D eigenvalue weighted by Gasteiger charge is -2.11. The van der Waals surface area contributed by atoms with Crippen LogP contribution in [0, 0.1) is 5.82 Å². The van der Waals surface area contributed by atoms with Crippen LogP contribution in [0.25, 0.3) is 16.6 Å². The first kappa shape index (κ1) is 20.9. The third-order valence-corrected chi connectivity index (χ3v) is 6.83. The molecule has 0 unspecified atom stereocenters. The second kappa shape index (κ2) is 8.54. The van der Waals surface area contributed by atoms with Gasteiger partial charge in [-0.1, -0.05) is 23.7 Å². The molecule has 0 saturated carbocycles. The summed E-state index contributed by atoms with van der Waals surface area (Å²) in [6.07, 6.45) is 2.63. The minimum Gasteiger partial charge on any atom is -0.352 e. The van der Waals surface area contributed by atoms with Gasteiger partial charge >= 0.3 is 0 Å². The number of rotatable bonds is 5. The number of fused-ring (bicyclic) bond motifs is 1. The van der Waals surface area contributed by atoms with Crippen molar-refractivity contribution < 1.29 is 9.18 Å². The maximum Gasteiger partial charge on any atom is 0.261 e. The second-order valence-electron chi connectivity index (χ2n) is 7.94. The zero-order valence-electron chi connectivity index (χ0n) is 17.3. The number of hydrogen-bond acceptors (Lipinski definition) is 5. The number of benzene rings is 2. The molecular formula is C23H21ClFN5OS. The number of carbonyl (C=O) groups is 1. The van der Waals surface area contributed by atoms with Gasteiger partial charge in [-0.2, -0.15) is 5.10 Å². The number of likely N-dealkylation sites (N-methyl/N-ethyl adjacent to an activating group) is 1. The Bertz CT molecular complexity index is 1300. The fraction of sp³-hybridized carbons (Fsp3) is 0.217. The van der Waals surface area contributed by atoms with E-state index < -0.39 is 5.82 Å². The van der Waals surface area contributed by atoms with E-state index in [9.17, 15) is 9.18 Å². The molecule has 9 heteroatoms.